The first-order chi connectivity index (χ1) is 17.0. The number of esters is 1. The number of ether oxygens (including phenoxy) is 1. The molecule has 2 aromatic heterocycles. The van der Waals surface area contributed by atoms with Gasteiger partial charge in [-0.3, -0.25) is 5.73 Å². The second-order valence-corrected chi connectivity index (χ2v) is 11.3. The zero-order valence-electron chi connectivity index (χ0n) is 20.1. The number of halogens is 3. The number of aromatic nitrogens is 3. The van der Waals surface area contributed by atoms with Crippen molar-refractivity contribution in [2.75, 3.05) is 0 Å². The number of benzene rings is 1. The Morgan fingerprint density at radius 3 is 2.44 bits per heavy atom. The summed E-state index contributed by atoms with van der Waals surface area (Å²) in [6.45, 7) is 0. The molecule has 10 heteroatoms. The molecule has 2 heterocycles. The molecular weight excluding hydrogens is 473 g/mol. The van der Waals surface area contributed by atoms with Gasteiger partial charge >= 0.3 is 12.1 Å². The van der Waals surface area contributed by atoms with Crippen LogP contribution in [-0.2, 0) is 35.1 Å². The maximum absolute atomic E-state index is 13.2. The number of alkyl halides is 3. The SMILES string of the molecule is Cn1cc(C[C@](N)(OC(=O)C(F)(F)F)c2nc(CC34CC5CC(CC(C5)C3)C4)no2)c2ccccc21. The predicted octanol–water partition coefficient (Wildman–Crippen LogP) is 4.78. The van der Waals surface area contributed by atoms with Gasteiger partial charge in [-0.2, -0.15) is 18.2 Å². The van der Waals surface area contributed by atoms with Crippen molar-refractivity contribution in [3.63, 3.8) is 0 Å². The number of aryl methyl sites for hydroxylation is 1. The summed E-state index contributed by atoms with van der Waals surface area (Å²) in [5.41, 5.74) is 5.67. The zero-order valence-corrected chi connectivity index (χ0v) is 20.1. The van der Waals surface area contributed by atoms with Crippen molar-refractivity contribution in [3.8, 4) is 0 Å². The summed E-state index contributed by atoms with van der Waals surface area (Å²) >= 11 is 0. The molecule has 4 fully saturated rings. The van der Waals surface area contributed by atoms with Crippen molar-refractivity contribution in [1.82, 2.24) is 14.7 Å². The van der Waals surface area contributed by atoms with E-state index in [1.54, 1.807) is 6.20 Å². The van der Waals surface area contributed by atoms with Gasteiger partial charge in [-0.15, -0.1) is 0 Å². The molecule has 4 saturated carbocycles. The van der Waals surface area contributed by atoms with Crippen molar-refractivity contribution in [2.45, 2.75) is 63.3 Å². The van der Waals surface area contributed by atoms with E-state index < -0.39 is 17.9 Å². The second kappa shape index (κ2) is 8.06. The molecule has 7 rings (SSSR count). The number of nitrogens with zero attached hydrogens (tertiary/aromatic N) is 3. The highest BCUT2D eigenvalue weighted by Gasteiger charge is 2.52. The van der Waals surface area contributed by atoms with Gasteiger partial charge in [0, 0.05) is 37.0 Å². The normalized spacial score (nSPS) is 29.0. The summed E-state index contributed by atoms with van der Waals surface area (Å²) in [6.07, 6.45) is 4.11. The Hall–Kier alpha value is -2.88. The lowest BCUT2D eigenvalue weighted by atomic mass is 9.49. The molecule has 0 radical (unpaired) electrons. The summed E-state index contributed by atoms with van der Waals surface area (Å²) in [4.78, 5) is 16.3. The highest BCUT2D eigenvalue weighted by atomic mass is 19.4. The quantitative estimate of drug-likeness (QED) is 0.385. The maximum atomic E-state index is 13.2. The van der Waals surface area contributed by atoms with Crippen molar-refractivity contribution < 1.29 is 27.2 Å². The maximum Gasteiger partial charge on any atom is 0.491 e. The van der Waals surface area contributed by atoms with Crippen molar-refractivity contribution >= 4 is 16.9 Å². The third kappa shape index (κ3) is 4.09. The topological polar surface area (TPSA) is 96.2 Å². The van der Waals surface area contributed by atoms with E-state index in [4.69, 9.17) is 15.0 Å². The van der Waals surface area contributed by atoms with E-state index in [9.17, 15) is 18.0 Å². The number of carbonyl (C=O) groups excluding carboxylic acids is 1. The molecule has 1 atom stereocenters. The molecule has 192 valence electrons. The fraction of sp³-hybridized carbons (Fsp3) is 0.577. The Kier molecular flexibility index (Phi) is 5.27. The fourth-order valence-corrected chi connectivity index (χ4v) is 7.57. The fourth-order valence-electron chi connectivity index (χ4n) is 7.57. The molecule has 0 spiro atoms. The van der Waals surface area contributed by atoms with Gasteiger partial charge in [0.2, 0.25) is 5.72 Å². The smallest absolute Gasteiger partial charge is 0.427 e. The highest BCUT2D eigenvalue weighted by Crippen LogP contribution is 2.60. The molecule has 7 nitrogen and oxygen atoms in total. The van der Waals surface area contributed by atoms with Crippen LogP contribution in [0, 0.1) is 23.2 Å². The van der Waals surface area contributed by atoms with E-state index in [2.05, 4.69) is 10.1 Å². The van der Waals surface area contributed by atoms with Crippen LogP contribution in [0.2, 0.25) is 0 Å². The molecule has 36 heavy (non-hydrogen) atoms. The molecule has 0 saturated heterocycles. The molecular formula is C26H29F3N4O3. The van der Waals surface area contributed by atoms with E-state index in [1.807, 2.05) is 35.9 Å². The van der Waals surface area contributed by atoms with Crippen LogP contribution in [0.1, 0.15) is 55.8 Å². The number of fused-ring (bicyclic) bond motifs is 1. The van der Waals surface area contributed by atoms with Crippen molar-refractivity contribution in [3.05, 3.63) is 47.7 Å². The van der Waals surface area contributed by atoms with Gasteiger partial charge in [-0.1, -0.05) is 23.4 Å². The Balaban J connectivity index is 1.31. The third-order valence-corrected chi connectivity index (χ3v) is 8.47. The first-order valence-corrected chi connectivity index (χ1v) is 12.5. The molecule has 4 aliphatic rings. The van der Waals surface area contributed by atoms with Crippen LogP contribution in [0.25, 0.3) is 10.9 Å². The molecule has 4 aliphatic carbocycles. The van der Waals surface area contributed by atoms with Crippen molar-refractivity contribution in [2.24, 2.45) is 36.0 Å². The Morgan fingerprint density at radius 1 is 1.17 bits per heavy atom. The lowest BCUT2D eigenvalue weighted by Crippen LogP contribution is -2.47. The van der Waals surface area contributed by atoms with Gasteiger partial charge in [-0.05, 0) is 73.3 Å². The predicted molar refractivity (Wildman–Crippen MR) is 123 cm³/mol. The lowest BCUT2D eigenvalue weighted by molar-refractivity contribution is -0.217. The first kappa shape index (κ1) is 23.5. The molecule has 0 unspecified atom stereocenters. The number of carbonyl (C=O) groups is 1. The minimum atomic E-state index is -5.22. The lowest BCUT2D eigenvalue weighted by Gasteiger charge is -2.56. The van der Waals surface area contributed by atoms with Crippen LogP contribution in [0.15, 0.2) is 35.0 Å². The Labute approximate surface area is 206 Å². The van der Waals surface area contributed by atoms with Gasteiger partial charge in [0.1, 0.15) is 0 Å². The van der Waals surface area contributed by atoms with Crippen LogP contribution in [0.4, 0.5) is 13.2 Å². The molecule has 2 N–H and O–H groups in total. The molecule has 0 aliphatic heterocycles. The molecule has 3 aromatic rings. The molecule has 0 amide bonds. The van der Waals surface area contributed by atoms with Crippen LogP contribution in [0.5, 0.6) is 0 Å². The third-order valence-electron chi connectivity index (χ3n) is 8.47. The van der Waals surface area contributed by atoms with E-state index in [0.717, 1.165) is 47.9 Å². The summed E-state index contributed by atoms with van der Waals surface area (Å²) in [6, 6.07) is 7.40. The summed E-state index contributed by atoms with van der Waals surface area (Å²) < 4.78 is 51.7. The van der Waals surface area contributed by atoms with Crippen LogP contribution in [0.3, 0.4) is 0 Å². The minimum Gasteiger partial charge on any atom is -0.427 e. The van der Waals surface area contributed by atoms with Crippen LogP contribution in [-0.4, -0.2) is 26.9 Å². The number of para-hydroxylation sites is 1. The van der Waals surface area contributed by atoms with Gasteiger partial charge in [0.05, 0.1) is 0 Å². The van der Waals surface area contributed by atoms with E-state index in [0.29, 0.717) is 17.8 Å². The van der Waals surface area contributed by atoms with E-state index in [-0.39, 0.29) is 17.7 Å². The van der Waals surface area contributed by atoms with Gasteiger partial charge in [-0.25, -0.2) is 4.79 Å². The Bertz CT molecular complexity index is 1280. The van der Waals surface area contributed by atoms with Gasteiger partial charge in [0.25, 0.3) is 5.89 Å². The van der Waals surface area contributed by atoms with E-state index >= 15 is 0 Å². The van der Waals surface area contributed by atoms with Crippen LogP contribution >= 0.6 is 0 Å². The highest BCUT2D eigenvalue weighted by molar-refractivity contribution is 5.84. The largest absolute Gasteiger partial charge is 0.491 e. The van der Waals surface area contributed by atoms with Gasteiger partial charge < -0.3 is 13.8 Å². The average molecular weight is 503 g/mol. The number of nitrogens with two attached hydrogens (primary N) is 1. The summed E-state index contributed by atoms with van der Waals surface area (Å²) in [5, 5.41) is 4.88. The minimum absolute atomic E-state index is 0.103. The number of hydrogen-bond donors (Lipinski definition) is 1. The van der Waals surface area contributed by atoms with Crippen LogP contribution < -0.4 is 5.73 Å². The first-order valence-electron chi connectivity index (χ1n) is 12.5. The van der Waals surface area contributed by atoms with Crippen molar-refractivity contribution in [1.29, 1.82) is 0 Å². The van der Waals surface area contributed by atoms with Gasteiger partial charge in [0.15, 0.2) is 5.82 Å². The number of hydrogen-bond acceptors (Lipinski definition) is 6. The monoisotopic (exact) mass is 502 g/mol. The molecule has 1 aromatic carbocycles. The second-order valence-electron chi connectivity index (χ2n) is 11.3. The van der Waals surface area contributed by atoms with E-state index in [1.165, 1.54) is 19.3 Å². The summed E-state index contributed by atoms with van der Waals surface area (Å²) in [5.74, 6) is -0.123. The zero-order chi connectivity index (χ0) is 25.3. The Morgan fingerprint density at radius 2 is 1.81 bits per heavy atom. The standard InChI is InChI=1S/C26H29F3N4O3/c1-33-14-18(19-4-2-3-5-20(19)33)12-25(30,35-23(34)26(27,28)29)22-31-21(32-36-22)13-24-9-15-6-16(10-24)8-17(7-15)11-24/h2-5,14-17H,6-13,30H2,1H3/t15?,16?,17?,24?,25-/m0/s1. The summed E-state index contributed by atoms with van der Waals surface area (Å²) in [7, 11) is 1.82. The number of rotatable bonds is 6. The average Bonchev–Trinajstić information content (AvgIpc) is 3.37. The molecule has 4 bridgehead atoms.